The van der Waals surface area contributed by atoms with Gasteiger partial charge in [0.1, 0.15) is 11.4 Å². The topological polar surface area (TPSA) is 85.9 Å². The second-order valence-electron chi connectivity index (χ2n) is 10.3. The van der Waals surface area contributed by atoms with Gasteiger partial charge in [-0.1, -0.05) is 39.8 Å². The molecule has 34 heavy (non-hydrogen) atoms. The van der Waals surface area contributed by atoms with E-state index in [1.807, 2.05) is 31.2 Å². The number of aromatic nitrogens is 1. The highest BCUT2D eigenvalue weighted by atomic mass is 16.2. The third-order valence-electron chi connectivity index (χ3n) is 6.12. The van der Waals surface area contributed by atoms with E-state index in [0.717, 1.165) is 17.5 Å². The van der Waals surface area contributed by atoms with E-state index in [-0.39, 0.29) is 29.9 Å². The van der Waals surface area contributed by atoms with Crippen LogP contribution >= 0.6 is 0 Å². The molecule has 1 saturated heterocycles. The fourth-order valence-corrected chi connectivity index (χ4v) is 3.90. The number of rotatable bonds is 6. The van der Waals surface area contributed by atoms with Crippen LogP contribution in [0.15, 0.2) is 42.6 Å². The van der Waals surface area contributed by atoms with Crippen molar-refractivity contribution in [2.24, 2.45) is 0 Å². The lowest BCUT2D eigenvalue weighted by molar-refractivity contribution is -0.123. The minimum absolute atomic E-state index is 0.0251. The minimum atomic E-state index is -1.02. The van der Waals surface area contributed by atoms with Crippen LogP contribution in [0.2, 0.25) is 0 Å². The molecule has 8 nitrogen and oxygen atoms in total. The quantitative estimate of drug-likeness (QED) is 0.608. The Bertz CT molecular complexity index is 1070. The zero-order valence-electron chi connectivity index (χ0n) is 21.2. The van der Waals surface area contributed by atoms with Gasteiger partial charge < -0.3 is 9.80 Å². The summed E-state index contributed by atoms with van der Waals surface area (Å²) in [5.41, 5.74) is 1.40. The van der Waals surface area contributed by atoms with Crippen molar-refractivity contribution >= 4 is 29.5 Å². The number of benzene rings is 1. The number of carbonyl (C=O) groups is 3. The number of anilines is 2. The molecule has 0 radical (unpaired) electrons. The lowest BCUT2D eigenvalue weighted by Gasteiger charge is -2.27. The molecule has 1 fully saturated rings. The molecule has 5 amide bonds. The Morgan fingerprint density at radius 1 is 1.12 bits per heavy atom. The molecule has 0 saturated carbocycles. The Hall–Kier alpha value is -3.42. The molecule has 2 aromatic rings. The second kappa shape index (κ2) is 9.44. The van der Waals surface area contributed by atoms with Crippen molar-refractivity contribution in [2.45, 2.75) is 65.5 Å². The fraction of sp³-hybridized carbons (Fsp3) is 0.462. The van der Waals surface area contributed by atoms with Crippen LogP contribution in [-0.4, -0.2) is 51.9 Å². The maximum atomic E-state index is 13.4. The zero-order valence-corrected chi connectivity index (χ0v) is 21.2. The summed E-state index contributed by atoms with van der Waals surface area (Å²) in [4.78, 5) is 47.5. The average Bonchev–Trinajstić information content (AvgIpc) is 2.93. The van der Waals surface area contributed by atoms with Crippen molar-refractivity contribution < 1.29 is 14.4 Å². The lowest BCUT2D eigenvalue weighted by Crippen LogP contribution is -2.43. The Morgan fingerprint density at radius 2 is 1.76 bits per heavy atom. The summed E-state index contributed by atoms with van der Waals surface area (Å²) in [5.74, 6) is 0.126. The van der Waals surface area contributed by atoms with E-state index in [4.69, 9.17) is 0 Å². The van der Waals surface area contributed by atoms with E-state index < -0.39 is 5.54 Å². The maximum Gasteiger partial charge on any atom is 0.332 e. The van der Waals surface area contributed by atoms with E-state index in [1.165, 1.54) is 4.90 Å². The van der Waals surface area contributed by atoms with Crippen molar-refractivity contribution in [3.63, 3.8) is 0 Å². The van der Waals surface area contributed by atoms with Gasteiger partial charge in [-0.3, -0.25) is 10.1 Å². The summed E-state index contributed by atoms with van der Waals surface area (Å²) < 4.78 is 0. The van der Waals surface area contributed by atoms with E-state index in [9.17, 15) is 14.4 Å². The number of pyridine rings is 1. The second-order valence-corrected chi connectivity index (χ2v) is 10.3. The molecule has 1 aromatic heterocycles. The number of hydrogen-bond donors (Lipinski definition) is 1. The van der Waals surface area contributed by atoms with Crippen LogP contribution in [0.25, 0.3) is 0 Å². The lowest BCUT2D eigenvalue weighted by atomic mass is 9.87. The summed E-state index contributed by atoms with van der Waals surface area (Å²) in [6, 6.07) is 10.4. The van der Waals surface area contributed by atoms with Crippen molar-refractivity contribution in [3.8, 4) is 0 Å². The van der Waals surface area contributed by atoms with Gasteiger partial charge in [0.25, 0.3) is 5.91 Å². The predicted octanol–water partition coefficient (Wildman–Crippen LogP) is 5.00. The van der Waals surface area contributed by atoms with Crippen LogP contribution in [0.1, 0.15) is 59.1 Å². The molecule has 0 atom stereocenters. The molecule has 2 heterocycles. The van der Waals surface area contributed by atoms with Crippen LogP contribution in [0, 0.1) is 0 Å². The van der Waals surface area contributed by atoms with Gasteiger partial charge in [0.2, 0.25) is 0 Å². The molecule has 0 unspecified atom stereocenters. The third kappa shape index (κ3) is 5.05. The van der Waals surface area contributed by atoms with E-state index in [1.54, 1.807) is 49.0 Å². The Kier molecular flexibility index (Phi) is 7.00. The highest BCUT2D eigenvalue weighted by Gasteiger charge is 2.51. The monoisotopic (exact) mass is 465 g/mol. The normalized spacial score (nSPS) is 15.6. The van der Waals surface area contributed by atoms with Gasteiger partial charge in [-0.05, 0) is 61.1 Å². The first-order valence-electron chi connectivity index (χ1n) is 11.6. The van der Waals surface area contributed by atoms with Crippen LogP contribution in [0.5, 0.6) is 0 Å². The maximum absolute atomic E-state index is 13.4. The predicted molar refractivity (Wildman–Crippen MR) is 134 cm³/mol. The van der Waals surface area contributed by atoms with Crippen LogP contribution in [-0.2, 0) is 16.8 Å². The number of nitrogens with zero attached hydrogens (tertiary/aromatic N) is 4. The Balaban J connectivity index is 1.81. The zero-order chi connectivity index (χ0) is 25.3. The van der Waals surface area contributed by atoms with Crippen molar-refractivity contribution in [3.05, 3.63) is 53.7 Å². The highest BCUT2D eigenvalue weighted by molar-refractivity contribution is 6.22. The summed E-state index contributed by atoms with van der Waals surface area (Å²) in [6.07, 6.45) is 2.44. The SMILES string of the molecule is CCCN(C)C(=O)Nc1cc(CN2C(=O)N(c3ccc(C(C)(C)C)cc3)C(=O)C2(C)C)ccn1. The molecular formula is C26H35N5O3. The molecule has 1 aliphatic rings. The van der Waals surface area contributed by atoms with Gasteiger partial charge >= 0.3 is 12.1 Å². The standard InChI is InChI=1S/C26H35N5O3/c1-8-15-29(7)23(33)28-21-16-18(13-14-27-21)17-30-24(34)31(22(32)26(30,5)6)20-11-9-19(10-12-20)25(2,3)4/h9-14,16H,8,15,17H2,1-7H3,(H,27,28,33). The minimum Gasteiger partial charge on any atom is -0.328 e. The molecule has 8 heteroatoms. The van der Waals surface area contributed by atoms with Crippen molar-refractivity contribution in [2.75, 3.05) is 23.8 Å². The van der Waals surface area contributed by atoms with Crippen LogP contribution < -0.4 is 10.2 Å². The third-order valence-corrected chi connectivity index (χ3v) is 6.12. The molecule has 3 rings (SSSR count). The average molecular weight is 466 g/mol. The number of imide groups is 1. The largest absolute Gasteiger partial charge is 0.332 e. The number of hydrogen-bond acceptors (Lipinski definition) is 4. The van der Waals surface area contributed by atoms with Gasteiger partial charge in [-0.2, -0.15) is 0 Å². The van der Waals surface area contributed by atoms with Crippen LogP contribution in [0.4, 0.5) is 21.1 Å². The van der Waals surface area contributed by atoms with E-state index in [0.29, 0.717) is 18.1 Å². The molecule has 182 valence electrons. The van der Waals surface area contributed by atoms with Gasteiger partial charge in [0.15, 0.2) is 0 Å². The molecule has 0 spiro atoms. The molecule has 1 aliphatic heterocycles. The summed E-state index contributed by atoms with van der Waals surface area (Å²) in [6.45, 7) is 12.7. The smallest absolute Gasteiger partial charge is 0.328 e. The summed E-state index contributed by atoms with van der Waals surface area (Å²) >= 11 is 0. The van der Waals surface area contributed by atoms with Gasteiger partial charge in [0.05, 0.1) is 5.69 Å². The molecule has 1 aromatic carbocycles. The summed E-state index contributed by atoms with van der Waals surface area (Å²) in [7, 11) is 1.72. The summed E-state index contributed by atoms with van der Waals surface area (Å²) in [5, 5.41) is 2.78. The Labute approximate surface area is 201 Å². The van der Waals surface area contributed by atoms with Gasteiger partial charge in [-0.25, -0.2) is 19.5 Å². The van der Waals surface area contributed by atoms with E-state index >= 15 is 0 Å². The number of amides is 5. The van der Waals surface area contributed by atoms with E-state index in [2.05, 4.69) is 31.1 Å². The first kappa shape index (κ1) is 25.2. The fourth-order valence-electron chi connectivity index (χ4n) is 3.90. The number of nitrogens with one attached hydrogen (secondary N) is 1. The number of urea groups is 2. The molecular weight excluding hydrogens is 430 g/mol. The van der Waals surface area contributed by atoms with Crippen molar-refractivity contribution in [1.29, 1.82) is 0 Å². The highest BCUT2D eigenvalue weighted by Crippen LogP contribution is 2.34. The van der Waals surface area contributed by atoms with Crippen LogP contribution in [0.3, 0.4) is 0 Å². The van der Waals surface area contributed by atoms with Gasteiger partial charge in [-0.15, -0.1) is 0 Å². The van der Waals surface area contributed by atoms with Crippen molar-refractivity contribution in [1.82, 2.24) is 14.8 Å². The Morgan fingerprint density at radius 3 is 2.35 bits per heavy atom. The number of carbonyl (C=O) groups excluding carboxylic acids is 3. The first-order chi connectivity index (χ1) is 15.9. The molecule has 1 N–H and O–H groups in total. The molecule has 0 aliphatic carbocycles. The first-order valence-corrected chi connectivity index (χ1v) is 11.6. The van der Waals surface area contributed by atoms with Gasteiger partial charge in [0, 0.05) is 26.3 Å². The molecule has 0 bridgehead atoms.